The van der Waals surface area contributed by atoms with Crippen LogP contribution in [-0.2, 0) is 4.79 Å². The summed E-state index contributed by atoms with van der Waals surface area (Å²) in [6.07, 6.45) is 0.903. The van der Waals surface area contributed by atoms with Gasteiger partial charge < -0.3 is 11.1 Å². The van der Waals surface area contributed by atoms with Crippen LogP contribution in [0.2, 0.25) is 0 Å². The number of carbonyl (C=O) groups is 1. The molecule has 2 aromatic rings. The minimum atomic E-state index is -0.473. The number of halogens is 1. The monoisotopic (exact) mass is 292 g/mol. The number of hydrogen-bond acceptors (Lipinski definition) is 5. The van der Waals surface area contributed by atoms with Gasteiger partial charge in [-0.2, -0.15) is 4.68 Å². The number of benzene rings is 1. The number of nitrogens with one attached hydrogen (secondary N) is 1. The fourth-order valence-corrected chi connectivity index (χ4v) is 1.79. The van der Waals surface area contributed by atoms with Crippen molar-refractivity contribution in [1.82, 2.24) is 20.2 Å². The van der Waals surface area contributed by atoms with E-state index in [-0.39, 0.29) is 17.6 Å². The largest absolute Gasteiger partial charge is 0.328 e. The molecule has 2 rings (SSSR count). The van der Waals surface area contributed by atoms with Gasteiger partial charge >= 0.3 is 0 Å². The highest BCUT2D eigenvalue weighted by Crippen LogP contribution is 2.19. The lowest BCUT2D eigenvalue weighted by Gasteiger charge is -2.09. The number of tetrazole rings is 1. The highest BCUT2D eigenvalue weighted by Gasteiger charge is 2.12. The Balaban J connectivity index is 2.16. The van der Waals surface area contributed by atoms with E-state index in [1.165, 1.54) is 22.9 Å². The fraction of sp³-hybridized carbons (Fsp3) is 0.385. The van der Waals surface area contributed by atoms with Gasteiger partial charge in [0.15, 0.2) is 5.82 Å². The van der Waals surface area contributed by atoms with Gasteiger partial charge in [0.05, 0.1) is 0 Å². The van der Waals surface area contributed by atoms with E-state index in [0.29, 0.717) is 24.4 Å². The number of anilines is 1. The lowest BCUT2D eigenvalue weighted by molar-refractivity contribution is -0.116. The van der Waals surface area contributed by atoms with Crippen molar-refractivity contribution in [3.8, 4) is 5.69 Å². The van der Waals surface area contributed by atoms with Crippen molar-refractivity contribution in [3.05, 3.63) is 29.8 Å². The third-order valence-electron chi connectivity index (χ3n) is 2.91. The van der Waals surface area contributed by atoms with E-state index < -0.39 is 5.82 Å². The Morgan fingerprint density at radius 3 is 2.90 bits per heavy atom. The molecule has 0 saturated carbocycles. The first-order valence-electron chi connectivity index (χ1n) is 6.57. The van der Waals surface area contributed by atoms with Crippen molar-refractivity contribution in [2.45, 2.75) is 32.7 Å². The highest BCUT2D eigenvalue weighted by molar-refractivity contribution is 5.91. The maximum absolute atomic E-state index is 13.9. The molecule has 8 heteroatoms. The first kappa shape index (κ1) is 15.0. The minimum Gasteiger partial charge on any atom is -0.328 e. The number of aryl methyl sites for hydroxylation is 1. The number of aromatic nitrogens is 4. The molecule has 0 aliphatic heterocycles. The summed E-state index contributed by atoms with van der Waals surface area (Å²) in [5, 5.41) is 13.6. The Hall–Kier alpha value is -2.35. The van der Waals surface area contributed by atoms with Crippen LogP contribution in [0.25, 0.3) is 5.69 Å². The smallest absolute Gasteiger partial charge is 0.224 e. The standard InChI is InChI=1S/C13H17FN6O/c1-8(15)3-6-13(21)16-10-4-5-11(14)12(7-10)20-9(2)17-18-19-20/h4-5,7-8H,3,6,15H2,1-2H3,(H,16,21). The normalized spacial score (nSPS) is 12.2. The SMILES string of the molecule is Cc1nnnn1-c1cc(NC(=O)CCC(C)N)ccc1F. The van der Waals surface area contributed by atoms with Crippen LogP contribution in [0, 0.1) is 12.7 Å². The van der Waals surface area contributed by atoms with Crippen molar-refractivity contribution < 1.29 is 9.18 Å². The van der Waals surface area contributed by atoms with E-state index in [0.717, 1.165) is 0 Å². The van der Waals surface area contributed by atoms with Crippen LogP contribution in [0.4, 0.5) is 10.1 Å². The van der Waals surface area contributed by atoms with E-state index >= 15 is 0 Å². The topological polar surface area (TPSA) is 98.7 Å². The van der Waals surface area contributed by atoms with Crippen LogP contribution >= 0.6 is 0 Å². The van der Waals surface area contributed by atoms with Crippen LogP contribution in [0.5, 0.6) is 0 Å². The Morgan fingerprint density at radius 2 is 2.29 bits per heavy atom. The van der Waals surface area contributed by atoms with Crippen molar-refractivity contribution in [2.24, 2.45) is 5.73 Å². The van der Waals surface area contributed by atoms with Gasteiger partial charge in [0, 0.05) is 18.2 Å². The van der Waals surface area contributed by atoms with Crippen molar-refractivity contribution in [2.75, 3.05) is 5.32 Å². The average molecular weight is 292 g/mol. The van der Waals surface area contributed by atoms with Gasteiger partial charge in [0.25, 0.3) is 0 Å². The molecule has 1 aromatic heterocycles. The second kappa shape index (κ2) is 6.40. The summed E-state index contributed by atoms with van der Waals surface area (Å²) < 4.78 is 15.1. The molecule has 1 aromatic carbocycles. The molecule has 0 bridgehead atoms. The van der Waals surface area contributed by atoms with Gasteiger partial charge in [-0.3, -0.25) is 4.79 Å². The van der Waals surface area contributed by atoms with Crippen LogP contribution < -0.4 is 11.1 Å². The first-order chi connectivity index (χ1) is 9.97. The predicted molar refractivity (Wildman–Crippen MR) is 75.4 cm³/mol. The third kappa shape index (κ3) is 3.82. The summed E-state index contributed by atoms with van der Waals surface area (Å²) in [6.45, 7) is 3.50. The fourth-order valence-electron chi connectivity index (χ4n) is 1.79. The van der Waals surface area contributed by atoms with Gasteiger partial charge in [-0.25, -0.2) is 4.39 Å². The second-order valence-corrected chi connectivity index (χ2v) is 4.87. The Bertz CT molecular complexity index is 639. The number of hydrogen-bond donors (Lipinski definition) is 2. The van der Waals surface area contributed by atoms with Gasteiger partial charge in [-0.05, 0) is 48.9 Å². The number of amides is 1. The third-order valence-corrected chi connectivity index (χ3v) is 2.91. The molecular formula is C13H17FN6O. The number of rotatable bonds is 5. The van der Waals surface area contributed by atoms with Crippen LogP contribution in [0.3, 0.4) is 0 Å². The quantitative estimate of drug-likeness (QED) is 0.862. The zero-order valence-corrected chi connectivity index (χ0v) is 11.9. The Labute approximate surface area is 121 Å². The second-order valence-electron chi connectivity index (χ2n) is 4.87. The molecule has 0 spiro atoms. The van der Waals surface area contributed by atoms with E-state index in [1.807, 2.05) is 6.92 Å². The number of nitrogens with two attached hydrogens (primary N) is 1. The van der Waals surface area contributed by atoms with Gasteiger partial charge in [-0.15, -0.1) is 5.10 Å². The van der Waals surface area contributed by atoms with Crippen LogP contribution in [-0.4, -0.2) is 32.2 Å². The molecule has 112 valence electrons. The van der Waals surface area contributed by atoms with Crippen molar-refractivity contribution in [1.29, 1.82) is 0 Å². The summed E-state index contributed by atoms with van der Waals surface area (Å²) in [4.78, 5) is 11.8. The zero-order chi connectivity index (χ0) is 15.4. The van der Waals surface area contributed by atoms with Gasteiger partial charge in [0.1, 0.15) is 11.5 Å². The molecule has 3 N–H and O–H groups in total. The molecule has 21 heavy (non-hydrogen) atoms. The molecule has 0 radical (unpaired) electrons. The molecule has 0 aliphatic carbocycles. The molecule has 0 fully saturated rings. The van der Waals surface area contributed by atoms with E-state index in [4.69, 9.17) is 5.73 Å². The molecule has 0 saturated heterocycles. The maximum Gasteiger partial charge on any atom is 0.224 e. The summed E-state index contributed by atoms with van der Waals surface area (Å²) in [7, 11) is 0. The molecule has 1 unspecified atom stereocenters. The molecule has 1 amide bonds. The summed E-state index contributed by atoms with van der Waals surface area (Å²) in [6, 6.07) is 4.20. The highest BCUT2D eigenvalue weighted by atomic mass is 19.1. The first-order valence-corrected chi connectivity index (χ1v) is 6.57. The molecule has 7 nitrogen and oxygen atoms in total. The van der Waals surface area contributed by atoms with Gasteiger partial charge in [0.2, 0.25) is 5.91 Å². The van der Waals surface area contributed by atoms with Crippen LogP contribution in [0.15, 0.2) is 18.2 Å². The summed E-state index contributed by atoms with van der Waals surface area (Å²) >= 11 is 0. The Morgan fingerprint density at radius 1 is 1.52 bits per heavy atom. The Kier molecular flexibility index (Phi) is 4.59. The lowest BCUT2D eigenvalue weighted by atomic mass is 10.2. The predicted octanol–water partition coefficient (Wildman–Crippen LogP) is 1.18. The molecule has 1 heterocycles. The minimum absolute atomic E-state index is 0.0385. The van der Waals surface area contributed by atoms with E-state index in [2.05, 4.69) is 20.8 Å². The lowest BCUT2D eigenvalue weighted by Crippen LogP contribution is -2.19. The summed E-state index contributed by atoms with van der Waals surface area (Å²) in [5.41, 5.74) is 6.27. The average Bonchev–Trinajstić information content (AvgIpc) is 2.85. The molecular weight excluding hydrogens is 275 g/mol. The molecule has 1 atom stereocenters. The number of carbonyl (C=O) groups excluding carboxylic acids is 1. The maximum atomic E-state index is 13.9. The summed E-state index contributed by atoms with van der Waals surface area (Å²) in [5.74, 6) is -0.188. The number of nitrogens with zero attached hydrogens (tertiary/aromatic N) is 4. The van der Waals surface area contributed by atoms with Crippen molar-refractivity contribution in [3.63, 3.8) is 0 Å². The van der Waals surface area contributed by atoms with Crippen LogP contribution in [0.1, 0.15) is 25.6 Å². The molecule has 0 aliphatic rings. The van der Waals surface area contributed by atoms with E-state index in [1.54, 1.807) is 6.92 Å². The van der Waals surface area contributed by atoms with E-state index in [9.17, 15) is 9.18 Å². The van der Waals surface area contributed by atoms with Crippen molar-refractivity contribution >= 4 is 11.6 Å². The van der Waals surface area contributed by atoms with Gasteiger partial charge in [-0.1, -0.05) is 0 Å². The zero-order valence-electron chi connectivity index (χ0n) is 11.9.